The summed E-state index contributed by atoms with van der Waals surface area (Å²) >= 11 is 0. The van der Waals surface area contributed by atoms with Crippen molar-refractivity contribution in [1.29, 1.82) is 0 Å². The number of alkyl halides is 3. The van der Waals surface area contributed by atoms with Gasteiger partial charge >= 0.3 is 6.18 Å². The van der Waals surface area contributed by atoms with Gasteiger partial charge < -0.3 is 0 Å². The average Bonchev–Trinajstić information content (AvgIpc) is 2.70. The Kier molecular flexibility index (Phi) is 2.65. The molecule has 0 atom stereocenters. The molecule has 0 bridgehead atoms. The lowest BCUT2D eigenvalue weighted by molar-refractivity contribution is -0.144. The van der Waals surface area contributed by atoms with E-state index < -0.39 is 12.0 Å². The first-order valence-corrected chi connectivity index (χ1v) is 5.04. The highest BCUT2D eigenvalue weighted by Gasteiger charge is 2.36. The van der Waals surface area contributed by atoms with Crippen molar-refractivity contribution < 1.29 is 13.2 Å². The normalized spacial score (nSPS) is 12.0. The Balaban J connectivity index is 2.71. The van der Waals surface area contributed by atoms with Gasteiger partial charge in [0.2, 0.25) is 0 Å². The second kappa shape index (κ2) is 3.87. The first-order chi connectivity index (χ1) is 7.95. The number of hydrogen-bond donors (Lipinski definition) is 0. The molecule has 0 saturated heterocycles. The number of halogens is 3. The van der Waals surface area contributed by atoms with Crippen LogP contribution >= 0.6 is 0 Å². The van der Waals surface area contributed by atoms with E-state index in [0.29, 0.717) is 17.5 Å². The Morgan fingerprint density at radius 3 is 2.71 bits per heavy atom. The topological polar surface area (TPSA) is 30.2 Å². The van der Waals surface area contributed by atoms with Crippen molar-refractivity contribution in [2.24, 2.45) is 0 Å². The standard InChI is InChI=1S/C11H10F3N3/c1-3-7-5-8(4-2)9-15-10(11(12,13)14)16-17(9)6-7/h3,5-6H,1,4H2,2H3. The van der Waals surface area contributed by atoms with Crippen molar-refractivity contribution in [3.05, 3.63) is 35.8 Å². The number of hydrogen-bond acceptors (Lipinski definition) is 2. The number of pyridine rings is 1. The minimum atomic E-state index is -4.52. The second-order valence-corrected chi connectivity index (χ2v) is 3.56. The van der Waals surface area contributed by atoms with Crippen LogP contribution in [0.1, 0.15) is 23.9 Å². The number of aryl methyl sites for hydroxylation is 1. The molecule has 0 unspecified atom stereocenters. The Morgan fingerprint density at radius 2 is 2.18 bits per heavy atom. The van der Waals surface area contributed by atoms with Crippen molar-refractivity contribution in [1.82, 2.24) is 14.6 Å². The molecule has 17 heavy (non-hydrogen) atoms. The lowest BCUT2D eigenvalue weighted by atomic mass is 10.1. The summed E-state index contributed by atoms with van der Waals surface area (Å²) < 4.78 is 38.6. The fraction of sp³-hybridized carbons (Fsp3) is 0.273. The largest absolute Gasteiger partial charge is 0.453 e. The van der Waals surface area contributed by atoms with E-state index in [1.807, 2.05) is 6.92 Å². The molecule has 2 aromatic rings. The van der Waals surface area contributed by atoms with Gasteiger partial charge in [0.15, 0.2) is 5.65 Å². The summed E-state index contributed by atoms with van der Waals surface area (Å²) in [5, 5.41) is 3.43. The van der Waals surface area contributed by atoms with E-state index in [1.165, 1.54) is 6.20 Å². The van der Waals surface area contributed by atoms with Gasteiger partial charge in [-0.05, 0) is 23.6 Å². The Labute approximate surface area is 95.6 Å². The van der Waals surface area contributed by atoms with E-state index in [4.69, 9.17) is 0 Å². The van der Waals surface area contributed by atoms with E-state index in [2.05, 4.69) is 16.7 Å². The molecule has 0 aliphatic carbocycles. The lowest BCUT2D eigenvalue weighted by Gasteiger charge is -2.01. The fourth-order valence-corrected chi connectivity index (χ4v) is 1.57. The van der Waals surface area contributed by atoms with Crippen LogP contribution in [0.3, 0.4) is 0 Å². The van der Waals surface area contributed by atoms with E-state index >= 15 is 0 Å². The minimum absolute atomic E-state index is 0.241. The first-order valence-electron chi connectivity index (χ1n) is 5.04. The van der Waals surface area contributed by atoms with Crippen LogP contribution in [-0.2, 0) is 12.6 Å². The number of nitrogens with zero attached hydrogens (tertiary/aromatic N) is 3. The summed E-state index contributed by atoms with van der Waals surface area (Å²) in [5.41, 5.74) is 1.67. The van der Waals surface area contributed by atoms with E-state index in [-0.39, 0.29) is 5.65 Å². The molecule has 0 fully saturated rings. The maximum atomic E-state index is 12.5. The molecule has 0 aromatic carbocycles. The highest BCUT2D eigenvalue weighted by atomic mass is 19.4. The number of aromatic nitrogens is 3. The number of fused-ring (bicyclic) bond motifs is 1. The SMILES string of the molecule is C=Cc1cc(CC)c2nc(C(F)(F)F)nn2c1. The summed E-state index contributed by atoms with van der Waals surface area (Å²) in [6.45, 7) is 5.44. The summed E-state index contributed by atoms with van der Waals surface area (Å²) in [4.78, 5) is 3.52. The van der Waals surface area contributed by atoms with Gasteiger partial charge in [-0.15, -0.1) is 5.10 Å². The van der Waals surface area contributed by atoms with Gasteiger partial charge in [0.1, 0.15) is 0 Å². The zero-order valence-electron chi connectivity index (χ0n) is 9.12. The van der Waals surface area contributed by atoms with Crippen LogP contribution in [0, 0.1) is 0 Å². The Morgan fingerprint density at radius 1 is 1.47 bits per heavy atom. The van der Waals surface area contributed by atoms with E-state index in [0.717, 1.165) is 4.52 Å². The van der Waals surface area contributed by atoms with Crippen LogP contribution in [-0.4, -0.2) is 14.6 Å². The van der Waals surface area contributed by atoms with Gasteiger partial charge in [0, 0.05) is 6.20 Å². The molecule has 0 aliphatic rings. The summed E-state index contributed by atoms with van der Waals surface area (Å²) in [6.07, 6.45) is -0.899. The average molecular weight is 241 g/mol. The molecule has 3 nitrogen and oxygen atoms in total. The molecule has 0 aliphatic heterocycles. The predicted molar refractivity (Wildman–Crippen MR) is 57.5 cm³/mol. The van der Waals surface area contributed by atoms with E-state index in [1.54, 1.807) is 12.1 Å². The molecule has 0 radical (unpaired) electrons. The Hall–Kier alpha value is -1.85. The fourth-order valence-electron chi connectivity index (χ4n) is 1.57. The maximum Gasteiger partial charge on any atom is 0.453 e. The maximum absolute atomic E-state index is 12.5. The van der Waals surface area contributed by atoms with E-state index in [9.17, 15) is 13.2 Å². The van der Waals surface area contributed by atoms with Gasteiger partial charge in [-0.1, -0.05) is 19.6 Å². The third-order valence-corrected chi connectivity index (χ3v) is 2.40. The van der Waals surface area contributed by atoms with Crippen LogP contribution in [0.2, 0.25) is 0 Å². The van der Waals surface area contributed by atoms with Crippen molar-refractivity contribution in [2.45, 2.75) is 19.5 Å². The Bertz CT molecular complexity index is 569. The van der Waals surface area contributed by atoms with Crippen LogP contribution < -0.4 is 0 Å². The van der Waals surface area contributed by atoms with Crippen molar-refractivity contribution in [3.8, 4) is 0 Å². The molecule has 0 amide bonds. The first kappa shape index (κ1) is 11.6. The molecule has 2 rings (SSSR count). The predicted octanol–water partition coefficient (Wildman–Crippen LogP) is 2.95. The van der Waals surface area contributed by atoms with Gasteiger partial charge in [0.25, 0.3) is 5.82 Å². The van der Waals surface area contributed by atoms with Crippen molar-refractivity contribution in [3.63, 3.8) is 0 Å². The van der Waals surface area contributed by atoms with Crippen LogP contribution in [0.25, 0.3) is 11.7 Å². The molecule has 90 valence electrons. The minimum Gasteiger partial charge on any atom is -0.220 e. The summed E-state index contributed by atoms with van der Waals surface area (Å²) in [5.74, 6) is -1.12. The van der Waals surface area contributed by atoms with Gasteiger partial charge in [0.05, 0.1) is 0 Å². The van der Waals surface area contributed by atoms with Crippen LogP contribution in [0.15, 0.2) is 18.8 Å². The molecule has 2 heterocycles. The third kappa shape index (κ3) is 2.02. The molecular formula is C11H10F3N3. The quantitative estimate of drug-likeness (QED) is 0.809. The molecule has 6 heteroatoms. The van der Waals surface area contributed by atoms with Gasteiger partial charge in [-0.3, -0.25) is 0 Å². The molecular weight excluding hydrogens is 231 g/mol. The smallest absolute Gasteiger partial charge is 0.220 e. The third-order valence-electron chi connectivity index (χ3n) is 2.40. The number of rotatable bonds is 2. The highest BCUT2D eigenvalue weighted by molar-refractivity contribution is 5.55. The van der Waals surface area contributed by atoms with Gasteiger partial charge in [-0.2, -0.15) is 13.2 Å². The molecule has 0 spiro atoms. The van der Waals surface area contributed by atoms with Gasteiger partial charge in [-0.25, -0.2) is 9.50 Å². The summed E-state index contributed by atoms with van der Waals surface area (Å²) in [7, 11) is 0. The van der Waals surface area contributed by atoms with Crippen LogP contribution in [0.4, 0.5) is 13.2 Å². The molecule has 0 saturated carbocycles. The molecule has 2 aromatic heterocycles. The summed E-state index contributed by atoms with van der Waals surface area (Å²) in [6, 6.07) is 1.76. The highest BCUT2D eigenvalue weighted by Crippen LogP contribution is 2.27. The van der Waals surface area contributed by atoms with Crippen molar-refractivity contribution in [2.75, 3.05) is 0 Å². The van der Waals surface area contributed by atoms with Crippen LogP contribution in [0.5, 0.6) is 0 Å². The lowest BCUT2D eigenvalue weighted by Crippen LogP contribution is -2.07. The second-order valence-electron chi connectivity index (χ2n) is 3.56. The monoisotopic (exact) mass is 241 g/mol. The zero-order chi connectivity index (χ0) is 12.6. The zero-order valence-corrected chi connectivity index (χ0v) is 9.12. The molecule has 0 N–H and O–H groups in total. The van der Waals surface area contributed by atoms with Crippen molar-refractivity contribution >= 4 is 11.7 Å².